The summed E-state index contributed by atoms with van der Waals surface area (Å²) in [6.07, 6.45) is -5.99. The highest BCUT2D eigenvalue weighted by molar-refractivity contribution is 5.73. The highest BCUT2D eigenvalue weighted by Crippen LogP contribution is 2.38. The van der Waals surface area contributed by atoms with E-state index >= 15 is 0 Å². The fourth-order valence-electron chi connectivity index (χ4n) is 4.86. The van der Waals surface area contributed by atoms with Crippen LogP contribution in [0.3, 0.4) is 0 Å². The third-order valence-corrected chi connectivity index (χ3v) is 6.43. The van der Waals surface area contributed by atoms with E-state index in [0.29, 0.717) is 5.56 Å². The molecule has 0 bridgehead atoms. The number of furan rings is 1. The van der Waals surface area contributed by atoms with Crippen LogP contribution in [0.4, 0.5) is 0 Å². The van der Waals surface area contributed by atoms with Crippen LogP contribution in [0.15, 0.2) is 64.0 Å². The molecule has 43 heavy (non-hydrogen) atoms. The van der Waals surface area contributed by atoms with Gasteiger partial charge in [-0.2, -0.15) is 5.26 Å². The Morgan fingerprint density at radius 2 is 1.49 bits per heavy atom. The number of esters is 4. The molecule has 1 aromatic carbocycles. The minimum Gasteiger partial charge on any atom is -0.464 e. The fourth-order valence-corrected chi connectivity index (χ4v) is 4.86. The summed E-state index contributed by atoms with van der Waals surface area (Å²) in [6.45, 7) is 3.95. The normalized spacial score (nSPS) is 21.2. The SMILES string of the molecule is CC(=O)OC[C@H]1O[C@@H](n2c(-c3ccccc3)cc(-c3ccco3)c(C#N)c2=O)[C@@H](OC(C)=O)[C@@H](OC(C)=O)[C@@H]1OC(C)=O. The van der Waals surface area contributed by atoms with Gasteiger partial charge in [-0.05, 0) is 23.8 Å². The largest absolute Gasteiger partial charge is 0.464 e. The number of aromatic nitrogens is 1. The van der Waals surface area contributed by atoms with Crippen molar-refractivity contribution in [3.8, 4) is 28.7 Å². The lowest BCUT2D eigenvalue weighted by molar-refractivity contribution is -0.268. The Balaban J connectivity index is 2.03. The number of hydrogen-bond acceptors (Lipinski definition) is 12. The van der Waals surface area contributed by atoms with E-state index in [2.05, 4.69) is 0 Å². The third-order valence-electron chi connectivity index (χ3n) is 6.43. The molecule has 3 aromatic rings. The summed E-state index contributed by atoms with van der Waals surface area (Å²) in [5.41, 5.74) is -0.251. The van der Waals surface area contributed by atoms with Crippen LogP contribution in [0.1, 0.15) is 39.5 Å². The quantitative estimate of drug-likeness (QED) is 0.277. The average Bonchev–Trinajstić information content (AvgIpc) is 3.49. The zero-order valence-corrected chi connectivity index (χ0v) is 23.7. The van der Waals surface area contributed by atoms with Crippen molar-refractivity contribution in [3.63, 3.8) is 0 Å². The van der Waals surface area contributed by atoms with E-state index in [9.17, 15) is 29.2 Å². The molecule has 1 fully saturated rings. The fraction of sp³-hybridized carbons (Fsp3) is 0.333. The molecular formula is C30H28N2O11. The number of nitriles is 1. The highest BCUT2D eigenvalue weighted by atomic mass is 16.7. The van der Waals surface area contributed by atoms with E-state index in [0.717, 1.165) is 32.3 Å². The van der Waals surface area contributed by atoms with Gasteiger partial charge < -0.3 is 28.1 Å². The predicted octanol–water partition coefficient (Wildman–Crippen LogP) is 2.90. The van der Waals surface area contributed by atoms with E-state index < -0.39 is 66.7 Å². The Bertz CT molecular complexity index is 1610. The first-order valence-electron chi connectivity index (χ1n) is 13.1. The molecule has 1 aliphatic heterocycles. The summed E-state index contributed by atoms with van der Waals surface area (Å²) in [5, 5.41) is 10.1. The second kappa shape index (κ2) is 13.2. The minimum absolute atomic E-state index is 0.193. The second-order valence-electron chi connectivity index (χ2n) is 9.54. The van der Waals surface area contributed by atoms with Crippen molar-refractivity contribution in [2.75, 3.05) is 6.61 Å². The number of ether oxygens (including phenoxy) is 5. The van der Waals surface area contributed by atoms with E-state index in [1.807, 2.05) is 6.07 Å². The molecule has 2 aromatic heterocycles. The van der Waals surface area contributed by atoms with Crippen molar-refractivity contribution in [3.05, 3.63) is 70.7 Å². The standard InChI is InChI=1S/C30H28N2O11/c1-16(33)39-15-25-26(40-17(2)34)27(41-18(3)35)28(42-19(4)36)30(43-25)32-23(20-9-6-5-7-10-20)13-21(22(14-31)29(32)37)24-11-8-12-38-24/h5-13,25-28,30H,15H2,1-4H3/t25-,26-,27+,28+,30-/m1/s1. The molecule has 1 aliphatic rings. The lowest BCUT2D eigenvalue weighted by Crippen LogP contribution is -2.61. The molecule has 13 nitrogen and oxygen atoms in total. The zero-order valence-electron chi connectivity index (χ0n) is 23.7. The topological polar surface area (TPSA) is 173 Å². The van der Waals surface area contributed by atoms with E-state index in [1.54, 1.807) is 48.5 Å². The maximum atomic E-state index is 14.2. The van der Waals surface area contributed by atoms with Gasteiger partial charge in [-0.1, -0.05) is 30.3 Å². The van der Waals surface area contributed by atoms with Crippen LogP contribution in [-0.4, -0.2) is 59.5 Å². The molecular weight excluding hydrogens is 564 g/mol. The lowest BCUT2D eigenvalue weighted by Gasteiger charge is -2.45. The summed E-state index contributed by atoms with van der Waals surface area (Å²) in [5.74, 6) is -2.90. The molecule has 0 radical (unpaired) electrons. The minimum atomic E-state index is -1.57. The van der Waals surface area contributed by atoms with Gasteiger partial charge in [-0.25, -0.2) is 0 Å². The number of pyridine rings is 1. The molecule has 3 heterocycles. The number of carbonyl (C=O) groups excluding carboxylic acids is 4. The number of benzene rings is 1. The highest BCUT2D eigenvalue weighted by Gasteiger charge is 2.53. The molecule has 4 rings (SSSR count). The molecule has 0 aliphatic carbocycles. The second-order valence-corrected chi connectivity index (χ2v) is 9.54. The average molecular weight is 593 g/mol. The number of rotatable bonds is 8. The predicted molar refractivity (Wildman–Crippen MR) is 146 cm³/mol. The van der Waals surface area contributed by atoms with Crippen LogP contribution in [0.25, 0.3) is 22.6 Å². The molecule has 13 heteroatoms. The molecule has 0 N–H and O–H groups in total. The molecule has 0 amide bonds. The summed E-state index contributed by atoms with van der Waals surface area (Å²) in [4.78, 5) is 62.7. The van der Waals surface area contributed by atoms with Gasteiger partial charge in [0.05, 0.1) is 12.0 Å². The van der Waals surface area contributed by atoms with Gasteiger partial charge in [0.1, 0.15) is 30.1 Å². The van der Waals surface area contributed by atoms with E-state index in [1.165, 1.54) is 6.26 Å². The maximum absolute atomic E-state index is 14.2. The van der Waals surface area contributed by atoms with Crippen molar-refractivity contribution in [2.24, 2.45) is 0 Å². The van der Waals surface area contributed by atoms with Crippen molar-refractivity contribution in [2.45, 2.75) is 58.3 Å². The molecule has 224 valence electrons. The van der Waals surface area contributed by atoms with Crippen LogP contribution in [0.2, 0.25) is 0 Å². The van der Waals surface area contributed by atoms with Crippen molar-refractivity contribution in [1.29, 1.82) is 5.26 Å². The summed E-state index contributed by atoms with van der Waals surface area (Å²) in [7, 11) is 0. The molecule has 0 spiro atoms. The van der Waals surface area contributed by atoms with Crippen molar-refractivity contribution < 1.29 is 47.3 Å². The van der Waals surface area contributed by atoms with E-state index in [-0.39, 0.29) is 22.6 Å². The first-order chi connectivity index (χ1) is 20.5. The third kappa shape index (κ3) is 6.82. The Hall–Kier alpha value is -5.22. The molecule has 1 saturated heterocycles. The molecule has 5 atom stereocenters. The number of nitrogens with zero attached hydrogens (tertiary/aromatic N) is 2. The van der Waals surface area contributed by atoms with Gasteiger partial charge in [0.2, 0.25) is 0 Å². The van der Waals surface area contributed by atoms with Gasteiger partial charge in [0.15, 0.2) is 24.5 Å². The Morgan fingerprint density at radius 1 is 0.860 bits per heavy atom. The van der Waals surface area contributed by atoms with Crippen molar-refractivity contribution >= 4 is 23.9 Å². The zero-order chi connectivity index (χ0) is 31.3. The monoisotopic (exact) mass is 592 g/mol. The van der Waals surface area contributed by atoms with E-state index in [4.69, 9.17) is 28.1 Å². The summed E-state index contributed by atoms with van der Waals surface area (Å²) >= 11 is 0. The van der Waals surface area contributed by atoms with Gasteiger partial charge in [0, 0.05) is 33.3 Å². The lowest BCUT2D eigenvalue weighted by atomic mass is 9.95. The molecule has 0 unspecified atom stereocenters. The Morgan fingerprint density at radius 3 is 2.05 bits per heavy atom. The van der Waals surface area contributed by atoms with Gasteiger partial charge in [-0.15, -0.1) is 0 Å². The Labute approximate surface area is 245 Å². The first-order valence-corrected chi connectivity index (χ1v) is 13.1. The van der Waals surface area contributed by atoms with Crippen LogP contribution >= 0.6 is 0 Å². The van der Waals surface area contributed by atoms with Crippen LogP contribution < -0.4 is 5.56 Å². The summed E-state index contributed by atoms with van der Waals surface area (Å²) < 4.78 is 34.5. The smallest absolute Gasteiger partial charge is 0.303 e. The first kappa shape index (κ1) is 30.7. The maximum Gasteiger partial charge on any atom is 0.303 e. The summed E-state index contributed by atoms with van der Waals surface area (Å²) in [6, 6.07) is 15.3. The Kier molecular flexibility index (Phi) is 9.42. The van der Waals surface area contributed by atoms with Crippen molar-refractivity contribution in [1.82, 2.24) is 4.57 Å². The van der Waals surface area contributed by atoms with Gasteiger partial charge in [-0.3, -0.25) is 28.5 Å². The van der Waals surface area contributed by atoms with Crippen LogP contribution in [-0.2, 0) is 42.9 Å². The molecule has 0 saturated carbocycles. The van der Waals surface area contributed by atoms with Crippen LogP contribution in [0.5, 0.6) is 0 Å². The number of hydrogen-bond donors (Lipinski definition) is 0. The number of carbonyl (C=O) groups is 4. The van der Waals surface area contributed by atoms with Crippen LogP contribution in [0, 0.1) is 11.3 Å². The van der Waals surface area contributed by atoms with Gasteiger partial charge >= 0.3 is 23.9 Å². The van der Waals surface area contributed by atoms with Gasteiger partial charge in [0.25, 0.3) is 5.56 Å².